The molecule has 0 amide bonds. The maximum absolute atomic E-state index is 7.12. The average molecular weight is 735 g/mol. The van der Waals surface area contributed by atoms with Crippen LogP contribution < -0.4 is 23.0 Å². The summed E-state index contributed by atoms with van der Waals surface area (Å²) < 4.78 is 28.9. The van der Waals surface area contributed by atoms with Gasteiger partial charge in [0.25, 0.3) is 11.4 Å². The number of rotatable bonds is 23. The minimum absolute atomic E-state index is 0.00739. The Labute approximate surface area is 274 Å². The highest BCUT2D eigenvalue weighted by Crippen LogP contribution is 2.40. The topological polar surface area (TPSA) is 136 Å². The van der Waals surface area contributed by atoms with Gasteiger partial charge in [-0.1, -0.05) is 64.7 Å². The first-order valence-electron chi connectivity index (χ1n) is 16.0. The quantitative estimate of drug-likeness (QED) is 0.0248. The van der Waals surface area contributed by atoms with Gasteiger partial charge in [0.15, 0.2) is 0 Å². The molecule has 0 aliphatic rings. The van der Waals surface area contributed by atoms with Gasteiger partial charge in [0.1, 0.15) is 3.61 Å². The molecule has 7 N–H and O–H groups in total. The average Bonchev–Trinajstić information content (AvgIpc) is 2.92. The number of ether oxygens (including phenoxy) is 4. The lowest BCUT2D eigenvalue weighted by molar-refractivity contribution is -1.24. The Morgan fingerprint density at radius 3 is 1.53 bits per heavy atom. The summed E-state index contributed by atoms with van der Waals surface area (Å²) in [6, 6.07) is 0. The number of nitrogens with two attached hydrogens (primary N) is 3. The lowest BCUT2D eigenvalue weighted by atomic mass is 10.0. The van der Waals surface area contributed by atoms with Crippen molar-refractivity contribution in [3.05, 3.63) is 0 Å². The highest BCUT2D eigenvalue weighted by atomic mass is 127. The second-order valence-corrected chi connectivity index (χ2v) is 17.0. The van der Waals surface area contributed by atoms with Crippen LogP contribution in [-0.4, -0.2) is 72.9 Å². The summed E-state index contributed by atoms with van der Waals surface area (Å²) >= 11 is -0.294. The fourth-order valence-electron chi connectivity index (χ4n) is 4.96. The molecule has 0 bridgehead atoms. The summed E-state index contributed by atoms with van der Waals surface area (Å²) in [5, 5.41) is 0. The molecule has 0 saturated carbocycles. The number of hydroxylamine groups is 1. The normalized spacial score (nSPS) is 17.1. The second kappa shape index (κ2) is 16.8. The van der Waals surface area contributed by atoms with Gasteiger partial charge in [0.2, 0.25) is 6.73 Å². The molecule has 0 saturated heterocycles. The van der Waals surface area contributed by atoms with Gasteiger partial charge in [-0.25, -0.2) is 0 Å². The molecule has 0 heterocycles. The predicted molar refractivity (Wildman–Crippen MR) is 186 cm³/mol. The third kappa shape index (κ3) is 12.4. The molecule has 0 rings (SSSR count). The van der Waals surface area contributed by atoms with Crippen LogP contribution in [0.5, 0.6) is 0 Å². The van der Waals surface area contributed by atoms with Crippen molar-refractivity contribution in [2.45, 2.75) is 167 Å². The van der Waals surface area contributed by atoms with Crippen molar-refractivity contribution >= 4 is 25.2 Å². The molecule has 260 valence electrons. The lowest BCUT2D eigenvalue weighted by Gasteiger charge is -2.52. The molecule has 0 aromatic heterocycles. The first kappa shape index (κ1) is 43.2. The number of nitrogens with zero attached hydrogens (tertiary/aromatic N) is 2. The molecule has 12 heteroatoms. The number of nitrogens with one attached hydrogen (secondary N) is 1. The Balaban J connectivity index is 6.09. The van der Waals surface area contributed by atoms with E-state index >= 15 is 0 Å². The summed E-state index contributed by atoms with van der Waals surface area (Å²) in [5.74, 6) is 20.9. The number of halogens is 1. The van der Waals surface area contributed by atoms with Crippen molar-refractivity contribution in [2.75, 3.05) is 27.0 Å². The molecule has 0 aromatic rings. The van der Waals surface area contributed by atoms with E-state index in [1.54, 1.807) is 7.05 Å². The van der Waals surface area contributed by atoms with Crippen LogP contribution in [0.2, 0.25) is 0 Å². The van der Waals surface area contributed by atoms with Crippen molar-refractivity contribution in [1.29, 1.82) is 0 Å². The summed E-state index contributed by atoms with van der Waals surface area (Å²) in [5.41, 5.74) is -0.188. The molecular weight excluding hydrogens is 663 g/mol. The number of hydrogen-bond donors (Lipinski definition) is 4. The van der Waals surface area contributed by atoms with Gasteiger partial charge in [-0.3, -0.25) is 0 Å². The second-order valence-electron chi connectivity index (χ2n) is 14.0. The Morgan fingerprint density at radius 2 is 1.14 bits per heavy atom. The third-order valence-electron chi connectivity index (χ3n) is 8.62. The zero-order valence-electron chi connectivity index (χ0n) is 30.3. The van der Waals surface area contributed by atoms with Gasteiger partial charge in [0.05, 0.1) is 30.0 Å². The van der Waals surface area contributed by atoms with E-state index in [4.69, 9.17) is 41.3 Å². The summed E-state index contributed by atoms with van der Waals surface area (Å²) in [4.78, 5) is 6.33. The molecule has 0 spiro atoms. The molecule has 2 unspecified atom stereocenters. The minimum Gasteiger partial charge on any atom is -0.376 e. The summed E-state index contributed by atoms with van der Waals surface area (Å²) in [6.45, 7) is 27.8. The van der Waals surface area contributed by atoms with E-state index in [2.05, 4.69) is 37.6 Å². The molecule has 0 aliphatic heterocycles. The van der Waals surface area contributed by atoms with Crippen LogP contribution in [0.15, 0.2) is 0 Å². The van der Waals surface area contributed by atoms with Crippen LogP contribution in [0.25, 0.3) is 0 Å². The van der Waals surface area contributed by atoms with Crippen molar-refractivity contribution in [1.82, 2.24) is 5.43 Å². The van der Waals surface area contributed by atoms with Crippen molar-refractivity contribution < 1.29 is 33.4 Å². The Hall–Kier alpha value is 0.160. The van der Waals surface area contributed by atoms with Crippen molar-refractivity contribution in [2.24, 2.45) is 17.5 Å². The third-order valence-corrected chi connectivity index (χ3v) is 11.3. The van der Waals surface area contributed by atoms with Gasteiger partial charge in [-0.15, -0.1) is 16.0 Å². The molecule has 11 nitrogen and oxygen atoms in total. The van der Waals surface area contributed by atoms with Crippen molar-refractivity contribution in [3.8, 4) is 0 Å². The van der Waals surface area contributed by atoms with Gasteiger partial charge in [-0.05, 0) is 74.7 Å². The minimum atomic E-state index is -1.11. The molecule has 0 aliphatic carbocycles. The fourth-order valence-corrected chi connectivity index (χ4v) is 5.94. The maximum atomic E-state index is 7.12. The Morgan fingerprint density at radius 1 is 0.674 bits per heavy atom. The standard InChI is InChI=1S/C31H71IN6O5/c1-16-29(13,32-14)40-24-21-27(9,10)41-25-37(33,34)30(17-2,18-3)43-38(35,36-15)31(19-4,20-5)42-28(11,12)22-23-39-26(6,7)8/h36H,14,16-25,33-35H2,1-13,15H3/q+2. The maximum Gasteiger partial charge on any atom is 0.294 e. The van der Waals surface area contributed by atoms with E-state index < -0.39 is 32.2 Å². The predicted octanol–water partition coefficient (Wildman–Crippen LogP) is 6.03. The molecule has 0 fully saturated rings. The number of quaternary nitrogens is 2. The van der Waals surface area contributed by atoms with Crippen LogP contribution in [0.3, 0.4) is 0 Å². The van der Waals surface area contributed by atoms with Gasteiger partial charge in [-0.2, -0.15) is 11.7 Å². The van der Waals surface area contributed by atoms with Crippen molar-refractivity contribution in [3.63, 3.8) is 0 Å². The largest absolute Gasteiger partial charge is 0.376 e. The first-order valence-corrected chi connectivity index (χ1v) is 18.6. The highest BCUT2D eigenvalue weighted by molar-refractivity contribution is 14.2. The molecule has 0 radical (unpaired) electrons. The van der Waals surface area contributed by atoms with E-state index in [0.717, 1.165) is 6.42 Å². The van der Waals surface area contributed by atoms with E-state index in [9.17, 15) is 0 Å². The smallest absolute Gasteiger partial charge is 0.294 e. The first-order chi connectivity index (χ1) is 19.5. The lowest BCUT2D eigenvalue weighted by Crippen LogP contribution is -2.83. The molecule has 43 heavy (non-hydrogen) atoms. The number of hydrogen-bond acceptors (Lipinski definition) is 9. The number of alkyl halides is 1. The Kier molecular flexibility index (Phi) is 16.9. The van der Waals surface area contributed by atoms with Gasteiger partial charge in [0, 0.05) is 37.6 Å². The molecule has 0 aromatic carbocycles. The van der Waals surface area contributed by atoms with E-state index in [1.165, 1.54) is 0 Å². The zero-order chi connectivity index (χ0) is 34.0. The summed E-state index contributed by atoms with van der Waals surface area (Å²) in [7, 11) is 1.76. The van der Waals surface area contributed by atoms with Crippen LogP contribution >= 0.6 is 20.7 Å². The SMILES string of the molecule is C=IC(C)(CC)OCCC(C)(C)OC[N+](N)(N)C(CC)(CC)O[N+](N)(NC)C(CC)(CC)OC(C)(C)CCOC(C)(C)C. The van der Waals surface area contributed by atoms with E-state index in [-0.39, 0.29) is 36.7 Å². The van der Waals surface area contributed by atoms with Gasteiger partial charge < -0.3 is 18.9 Å². The molecular formula is C31H71IN6O5+2. The van der Waals surface area contributed by atoms with Crippen LogP contribution in [0, 0.1) is 0 Å². The van der Waals surface area contributed by atoms with Gasteiger partial charge >= 0.3 is 0 Å². The van der Waals surface area contributed by atoms with Crippen LogP contribution in [0.4, 0.5) is 0 Å². The summed E-state index contributed by atoms with van der Waals surface area (Å²) in [6.07, 6.45) is 4.40. The highest BCUT2D eigenvalue weighted by Gasteiger charge is 2.62. The van der Waals surface area contributed by atoms with E-state index in [0.29, 0.717) is 51.7 Å². The molecule has 2 atom stereocenters. The monoisotopic (exact) mass is 734 g/mol. The Bertz CT molecular complexity index is 830. The zero-order valence-corrected chi connectivity index (χ0v) is 32.5. The van der Waals surface area contributed by atoms with E-state index in [1.807, 2.05) is 62.3 Å². The van der Waals surface area contributed by atoms with Crippen LogP contribution in [0.1, 0.15) is 135 Å². The van der Waals surface area contributed by atoms with Crippen LogP contribution in [-0.2, 0) is 23.8 Å². The fraction of sp³-hybridized carbons (Fsp3) is 0.968.